The van der Waals surface area contributed by atoms with E-state index in [1.54, 1.807) is 0 Å². The van der Waals surface area contributed by atoms with Gasteiger partial charge in [-0.2, -0.15) is 0 Å². The third-order valence-corrected chi connectivity index (χ3v) is 12.6. The number of benzene rings is 7. The van der Waals surface area contributed by atoms with Gasteiger partial charge in [0, 0.05) is 67.8 Å². The first-order valence-electron chi connectivity index (χ1n) is 17.2. The van der Waals surface area contributed by atoms with Crippen molar-refractivity contribution in [2.45, 2.75) is 12.3 Å². The van der Waals surface area contributed by atoms with Crippen LogP contribution in [0, 0.1) is 0 Å². The second-order valence-electron chi connectivity index (χ2n) is 13.1. The van der Waals surface area contributed by atoms with Crippen molar-refractivity contribution in [2.24, 2.45) is 4.99 Å². The molecule has 4 heterocycles. The minimum atomic E-state index is -0.283. The van der Waals surface area contributed by atoms with Crippen LogP contribution in [0.2, 0.25) is 0 Å². The van der Waals surface area contributed by atoms with Gasteiger partial charge >= 0.3 is 0 Å². The molecule has 1 aliphatic heterocycles. The largest absolute Gasteiger partial charge is 0.456 e. The summed E-state index contributed by atoms with van der Waals surface area (Å²) in [6, 6.07) is 54.1. The highest BCUT2D eigenvalue weighted by Crippen LogP contribution is 2.44. The maximum absolute atomic E-state index is 6.50. The topological polar surface area (TPSA) is 49.6 Å². The van der Waals surface area contributed by atoms with Gasteiger partial charge in [-0.15, -0.1) is 22.7 Å². The maximum atomic E-state index is 6.50. The standard InChI is InChI=1S/C45H29N3OS2/c1-2-11-26(12-3-1)43-46-44(34-19-9-16-31-29-13-4-6-21-37(29)49-40(31)34)48-45(47-43)35-20-10-18-33-36-25-27(23-24-39(36)51-42(33)35)28-15-8-17-32-30-14-5-7-22-38(30)50-41(28)32/h1-25,44-45,48H,(H,46,47). The molecule has 0 saturated heterocycles. The van der Waals surface area contributed by atoms with Gasteiger partial charge in [-0.3, -0.25) is 5.32 Å². The molecule has 2 N–H and O–H groups in total. The van der Waals surface area contributed by atoms with Gasteiger partial charge in [0.2, 0.25) is 0 Å². The first-order chi connectivity index (χ1) is 25.3. The van der Waals surface area contributed by atoms with Gasteiger partial charge in [0.05, 0.1) is 0 Å². The Morgan fingerprint density at radius 2 is 1.20 bits per heavy atom. The molecule has 4 nitrogen and oxygen atoms in total. The number of rotatable bonds is 4. The Morgan fingerprint density at radius 1 is 0.510 bits per heavy atom. The Hall–Kier alpha value is -5.79. The molecule has 51 heavy (non-hydrogen) atoms. The SMILES string of the molecule is c1ccc(C2=NC(c3cccc4c3sc3ccc(-c5cccc6c5sc5ccccc56)cc34)NC(c3cccc4c3oc3ccccc34)N2)cc1. The van der Waals surface area contributed by atoms with E-state index in [0.29, 0.717) is 0 Å². The number of furan rings is 1. The van der Waals surface area contributed by atoms with Crippen molar-refractivity contribution in [3.05, 3.63) is 168 Å². The van der Waals surface area contributed by atoms with Gasteiger partial charge < -0.3 is 9.73 Å². The van der Waals surface area contributed by atoms with Crippen LogP contribution in [0.5, 0.6) is 0 Å². The fourth-order valence-electron chi connectivity index (χ4n) is 7.79. The van der Waals surface area contributed by atoms with E-state index >= 15 is 0 Å². The highest BCUT2D eigenvalue weighted by Gasteiger charge is 2.29. The molecule has 0 saturated carbocycles. The summed E-state index contributed by atoms with van der Waals surface area (Å²) < 4.78 is 11.7. The Balaban J connectivity index is 1.05. The summed E-state index contributed by atoms with van der Waals surface area (Å²) in [5.41, 5.74) is 7.58. The highest BCUT2D eigenvalue weighted by atomic mass is 32.1. The molecule has 1 aliphatic rings. The first-order valence-corrected chi connectivity index (χ1v) is 18.8. The molecular formula is C45H29N3OS2. The lowest BCUT2D eigenvalue weighted by Crippen LogP contribution is -2.45. The van der Waals surface area contributed by atoms with Crippen molar-refractivity contribution in [3.63, 3.8) is 0 Å². The number of thiophene rings is 2. The van der Waals surface area contributed by atoms with E-state index in [2.05, 4.69) is 144 Å². The second kappa shape index (κ2) is 11.4. The molecule has 242 valence electrons. The van der Waals surface area contributed by atoms with Gasteiger partial charge in [-0.25, -0.2) is 4.99 Å². The van der Waals surface area contributed by atoms with Gasteiger partial charge in [0.25, 0.3) is 0 Å². The fraction of sp³-hybridized carbons (Fsp3) is 0.0444. The van der Waals surface area contributed by atoms with Crippen LogP contribution in [0.1, 0.15) is 29.0 Å². The molecule has 11 rings (SSSR count). The van der Waals surface area contributed by atoms with E-state index in [1.807, 2.05) is 40.9 Å². The summed E-state index contributed by atoms with van der Waals surface area (Å²) in [5.74, 6) is 0.856. The third-order valence-electron chi connectivity index (χ3n) is 10.2. The lowest BCUT2D eigenvalue weighted by Gasteiger charge is -2.32. The van der Waals surface area contributed by atoms with Crippen LogP contribution in [-0.2, 0) is 0 Å². The van der Waals surface area contributed by atoms with Crippen LogP contribution in [0.3, 0.4) is 0 Å². The molecule has 2 unspecified atom stereocenters. The molecule has 2 atom stereocenters. The molecule has 10 aromatic rings. The van der Waals surface area contributed by atoms with Gasteiger partial charge in [-0.05, 0) is 35.4 Å². The molecular weight excluding hydrogens is 663 g/mol. The van der Waals surface area contributed by atoms with Crippen molar-refractivity contribution >= 4 is 90.8 Å². The van der Waals surface area contributed by atoms with Crippen LogP contribution in [0.4, 0.5) is 0 Å². The zero-order valence-electron chi connectivity index (χ0n) is 27.3. The Labute approximate surface area is 301 Å². The van der Waals surface area contributed by atoms with E-state index in [4.69, 9.17) is 9.41 Å². The minimum absolute atomic E-state index is 0.231. The summed E-state index contributed by atoms with van der Waals surface area (Å²) in [7, 11) is 0. The number of amidine groups is 1. The lowest BCUT2D eigenvalue weighted by atomic mass is 10.00. The molecule has 0 aliphatic carbocycles. The monoisotopic (exact) mass is 691 g/mol. The summed E-state index contributed by atoms with van der Waals surface area (Å²) in [5, 5.41) is 15.0. The minimum Gasteiger partial charge on any atom is -0.456 e. The molecule has 0 spiro atoms. The van der Waals surface area contributed by atoms with Crippen molar-refractivity contribution in [3.8, 4) is 11.1 Å². The zero-order valence-corrected chi connectivity index (χ0v) is 28.9. The van der Waals surface area contributed by atoms with Crippen LogP contribution in [0.15, 0.2) is 161 Å². The van der Waals surface area contributed by atoms with Crippen LogP contribution >= 0.6 is 22.7 Å². The van der Waals surface area contributed by atoms with Gasteiger partial charge in [0.1, 0.15) is 29.3 Å². The lowest BCUT2D eigenvalue weighted by molar-refractivity contribution is 0.410. The molecule has 7 aromatic carbocycles. The summed E-state index contributed by atoms with van der Waals surface area (Å²) in [4.78, 5) is 5.33. The Kier molecular flexibility index (Phi) is 6.46. The van der Waals surface area contributed by atoms with Crippen LogP contribution in [-0.4, -0.2) is 5.84 Å². The average Bonchev–Trinajstić information content (AvgIpc) is 3.89. The van der Waals surface area contributed by atoms with E-state index in [9.17, 15) is 0 Å². The third kappa shape index (κ3) is 4.58. The molecule has 6 heteroatoms. The van der Waals surface area contributed by atoms with Gasteiger partial charge in [0.15, 0.2) is 0 Å². The van der Waals surface area contributed by atoms with Crippen molar-refractivity contribution in [1.29, 1.82) is 0 Å². The molecule has 3 aromatic heterocycles. The first kappa shape index (κ1) is 29.0. The predicted molar refractivity (Wildman–Crippen MR) is 216 cm³/mol. The number of nitrogens with one attached hydrogen (secondary N) is 2. The molecule has 0 radical (unpaired) electrons. The van der Waals surface area contributed by atoms with Crippen molar-refractivity contribution in [1.82, 2.24) is 10.6 Å². The Morgan fingerprint density at radius 3 is 2.10 bits per heavy atom. The molecule has 0 fully saturated rings. The fourth-order valence-corrected chi connectivity index (χ4v) is 10.3. The smallest absolute Gasteiger partial charge is 0.142 e. The highest BCUT2D eigenvalue weighted by molar-refractivity contribution is 7.26. The predicted octanol–water partition coefficient (Wildman–Crippen LogP) is 12.3. The van der Waals surface area contributed by atoms with Crippen molar-refractivity contribution in [2.75, 3.05) is 0 Å². The maximum Gasteiger partial charge on any atom is 0.142 e. The van der Waals surface area contributed by atoms with E-state index in [-0.39, 0.29) is 12.3 Å². The number of para-hydroxylation sites is 2. The number of hydrogen-bond donors (Lipinski definition) is 2. The van der Waals surface area contributed by atoms with Crippen LogP contribution < -0.4 is 10.6 Å². The number of nitrogens with zero attached hydrogens (tertiary/aromatic N) is 1. The normalized spacial score (nSPS) is 16.4. The van der Waals surface area contributed by atoms with Crippen molar-refractivity contribution < 1.29 is 4.42 Å². The summed E-state index contributed by atoms with van der Waals surface area (Å²) in [6.07, 6.45) is -0.514. The van der Waals surface area contributed by atoms with E-state index in [1.165, 1.54) is 57.0 Å². The number of aliphatic imine (C=N–C) groups is 1. The summed E-state index contributed by atoms with van der Waals surface area (Å²) in [6.45, 7) is 0. The van der Waals surface area contributed by atoms with Gasteiger partial charge in [-0.1, -0.05) is 127 Å². The molecule has 0 bridgehead atoms. The molecule has 0 amide bonds. The Bertz CT molecular complexity index is 3010. The number of fused-ring (bicyclic) bond motifs is 9. The van der Waals surface area contributed by atoms with E-state index in [0.717, 1.165) is 38.9 Å². The van der Waals surface area contributed by atoms with Crippen LogP contribution in [0.25, 0.3) is 73.4 Å². The second-order valence-corrected chi connectivity index (χ2v) is 15.2. The summed E-state index contributed by atoms with van der Waals surface area (Å²) >= 11 is 3.73. The van der Waals surface area contributed by atoms with E-state index < -0.39 is 0 Å². The zero-order chi connectivity index (χ0) is 33.5. The number of hydrogen-bond acceptors (Lipinski definition) is 6. The quantitative estimate of drug-likeness (QED) is 0.193. The average molecular weight is 692 g/mol.